The molecule has 0 atom stereocenters. The number of ether oxygens (including phenoxy) is 1. The number of aryl methyl sites for hydroxylation is 1. The Kier molecular flexibility index (Phi) is 5.82. The summed E-state index contributed by atoms with van der Waals surface area (Å²) in [5.74, 6) is -0.345. The van der Waals surface area contributed by atoms with Crippen LogP contribution in [0.15, 0.2) is 40.1 Å². The second kappa shape index (κ2) is 8.09. The molecule has 138 valence electrons. The van der Waals surface area contributed by atoms with Crippen molar-refractivity contribution in [3.05, 3.63) is 46.4 Å². The Morgan fingerprint density at radius 3 is 2.81 bits per heavy atom. The summed E-state index contributed by atoms with van der Waals surface area (Å²) in [6, 6.07) is 4.74. The van der Waals surface area contributed by atoms with Gasteiger partial charge in [0.1, 0.15) is 0 Å². The third-order valence-corrected chi connectivity index (χ3v) is 6.43. The molecular weight excluding hydrogens is 374 g/mol. The maximum Gasteiger partial charge on any atom is 0.248 e. The van der Waals surface area contributed by atoms with Crippen LogP contribution < -0.4 is 5.32 Å². The van der Waals surface area contributed by atoms with Crippen molar-refractivity contribution < 1.29 is 17.9 Å². The van der Waals surface area contributed by atoms with E-state index in [9.17, 15) is 13.2 Å². The third kappa shape index (κ3) is 4.36. The zero-order valence-corrected chi connectivity index (χ0v) is 15.8. The molecule has 1 aromatic heterocycles. The molecule has 3 rings (SSSR count). The van der Waals surface area contributed by atoms with Crippen LogP contribution in [-0.2, 0) is 19.6 Å². The molecule has 1 saturated heterocycles. The zero-order chi connectivity index (χ0) is 18.6. The standard InChI is InChI=1S/C17H19N3O4S2/c1-13-2-4-15(26(22,23)20-6-8-24-9-7-20)10-16(13)19-17(21)5-3-14-11-25-12-18-14/h2-5,10-12H,6-9H2,1H3,(H,19,21)/b5-3+. The van der Waals surface area contributed by atoms with Crippen molar-refractivity contribution in [1.82, 2.24) is 9.29 Å². The van der Waals surface area contributed by atoms with Gasteiger partial charge >= 0.3 is 0 Å². The monoisotopic (exact) mass is 393 g/mol. The van der Waals surface area contributed by atoms with Crippen molar-refractivity contribution in [2.75, 3.05) is 31.6 Å². The fourth-order valence-corrected chi connectivity index (χ4v) is 4.43. The van der Waals surface area contributed by atoms with E-state index in [-0.39, 0.29) is 10.8 Å². The minimum absolute atomic E-state index is 0.156. The molecule has 0 radical (unpaired) electrons. The maximum atomic E-state index is 12.8. The first kappa shape index (κ1) is 18.7. The molecule has 0 aliphatic carbocycles. The molecule has 9 heteroatoms. The molecule has 26 heavy (non-hydrogen) atoms. The van der Waals surface area contributed by atoms with Gasteiger partial charge in [0, 0.05) is 30.2 Å². The summed E-state index contributed by atoms with van der Waals surface area (Å²) in [4.78, 5) is 16.3. The second-order valence-electron chi connectivity index (χ2n) is 5.73. The van der Waals surface area contributed by atoms with E-state index in [0.717, 1.165) is 5.56 Å². The van der Waals surface area contributed by atoms with Crippen LogP contribution in [0, 0.1) is 6.92 Å². The molecule has 2 aromatic rings. The fraction of sp³-hybridized carbons (Fsp3) is 0.294. The van der Waals surface area contributed by atoms with Crippen LogP contribution in [0.4, 0.5) is 5.69 Å². The first-order valence-corrected chi connectivity index (χ1v) is 10.4. The van der Waals surface area contributed by atoms with Crippen molar-refractivity contribution >= 4 is 39.0 Å². The van der Waals surface area contributed by atoms with Crippen LogP contribution in [0.25, 0.3) is 6.08 Å². The molecule has 7 nitrogen and oxygen atoms in total. The average molecular weight is 393 g/mol. The number of morpholine rings is 1. The van der Waals surface area contributed by atoms with Crippen molar-refractivity contribution in [3.63, 3.8) is 0 Å². The fourth-order valence-electron chi connectivity index (χ4n) is 2.47. The smallest absolute Gasteiger partial charge is 0.248 e. The van der Waals surface area contributed by atoms with E-state index in [1.807, 2.05) is 12.3 Å². The van der Waals surface area contributed by atoms with E-state index in [1.165, 1.54) is 27.8 Å². The summed E-state index contributed by atoms with van der Waals surface area (Å²) in [5, 5.41) is 4.55. The highest BCUT2D eigenvalue weighted by atomic mass is 32.2. The van der Waals surface area contributed by atoms with Gasteiger partial charge < -0.3 is 10.1 Å². The summed E-state index contributed by atoms with van der Waals surface area (Å²) in [6.45, 7) is 3.24. The Bertz CT molecular complexity index is 902. The van der Waals surface area contributed by atoms with Crippen molar-refractivity contribution in [3.8, 4) is 0 Å². The Morgan fingerprint density at radius 2 is 2.12 bits per heavy atom. The SMILES string of the molecule is Cc1ccc(S(=O)(=O)N2CCOCC2)cc1NC(=O)/C=C/c1cscn1. The summed E-state index contributed by atoms with van der Waals surface area (Å²) in [6.07, 6.45) is 2.98. The predicted octanol–water partition coefficient (Wildman–Crippen LogP) is 2.12. The van der Waals surface area contributed by atoms with Gasteiger partial charge in [-0.3, -0.25) is 4.79 Å². The molecule has 1 fully saturated rings. The summed E-state index contributed by atoms with van der Waals surface area (Å²) >= 11 is 1.44. The number of sulfonamides is 1. The zero-order valence-electron chi connectivity index (χ0n) is 14.2. The first-order chi connectivity index (χ1) is 12.5. The lowest BCUT2D eigenvalue weighted by Crippen LogP contribution is -2.40. The molecule has 1 aliphatic heterocycles. The number of thiazole rings is 1. The van der Waals surface area contributed by atoms with Gasteiger partial charge in [0.15, 0.2) is 0 Å². The minimum atomic E-state index is -3.61. The topological polar surface area (TPSA) is 88.6 Å². The molecule has 2 heterocycles. The number of amides is 1. The molecule has 0 bridgehead atoms. The Morgan fingerprint density at radius 1 is 1.35 bits per heavy atom. The number of nitrogens with zero attached hydrogens (tertiary/aromatic N) is 2. The van der Waals surface area contributed by atoms with E-state index in [1.54, 1.807) is 23.7 Å². The van der Waals surface area contributed by atoms with Crippen molar-refractivity contribution in [1.29, 1.82) is 0 Å². The van der Waals surface area contributed by atoms with Gasteiger partial charge in [-0.15, -0.1) is 11.3 Å². The molecule has 0 spiro atoms. The minimum Gasteiger partial charge on any atom is -0.379 e. The number of rotatable bonds is 5. The van der Waals surface area contributed by atoms with Crippen molar-refractivity contribution in [2.45, 2.75) is 11.8 Å². The lowest BCUT2D eigenvalue weighted by molar-refractivity contribution is -0.111. The number of hydrogen-bond acceptors (Lipinski definition) is 6. The number of aromatic nitrogens is 1. The molecule has 0 saturated carbocycles. The lowest BCUT2D eigenvalue weighted by atomic mass is 10.2. The van der Waals surface area contributed by atoms with Crippen LogP contribution in [0.1, 0.15) is 11.3 Å². The van der Waals surface area contributed by atoms with Crippen LogP contribution in [-0.4, -0.2) is 49.9 Å². The van der Waals surface area contributed by atoms with Gasteiger partial charge in [-0.1, -0.05) is 6.07 Å². The first-order valence-electron chi connectivity index (χ1n) is 8.02. The highest BCUT2D eigenvalue weighted by Gasteiger charge is 2.26. The van der Waals surface area contributed by atoms with Gasteiger partial charge in [-0.25, -0.2) is 13.4 Å². The molecule has 1 amide bonds. The van der Waals surface area contributed by atoms with Crippen LogP contribution in [0.3, 0.4) is 0 Å². The van der Waals surface area contributed by atoms with E-state index >= 15 is 0 Å². The molecule has 1 aliphatic rings. The second-order valence-corrected chi connectivity index (χ2v) is 8.39. The number of benzene rings is 1. The molecule has 1 aromatic carbocycles. The quantitative estimate of drug-likeness (QED) is 0.786. The van der Waals surface area contributed by atoms with Crippen LogP contribution in [0.2, 0.25) is 0 Å². The van der Waals surface area contributed by atoms with E-state index < -0.39 is 10.0 Å². The van der Waals surface area contributed by atoms with Crippen LogP contribution in [0.5, 0.6) is 0 Å². The van der Waals surface area contributed by atoms with Crippen molar-refractivity contribution in [2.24, 2.45) is 0 Å². The lowest BCUT2D eigenvalue weighted by Gasteiger charge is -2.26. The Hall–Kier alpha value is -2.07. The highest BCUT2D eigenvalue weighted by Crippen LogP contribution is 2.23. The largest absolute Gasteiger partial charge is 0.379 e. The number of nitrogens with one attached hydrogen (secondary N) is 1. The Labute approximate surface area is 156 Å². The van der Waals surface area contributed by atoms with Crippen LogP contribution >= 0.6 is 11.3 Å². The summed E-state index contributed by atoms with van der Waals surface area (Å²) in [5.41, 5.74) is 3.63. The maximum absolute atomic E-state index is 12.8. The van der Waals surface area contributed by atoms with Gasteiger partial charge in [0.05, 0.1) is 29.3 Å². The van der Waals surface area contributed by atoms with Gasteiger partial charge in [0.25, 0.3) is 0 Å². The van der Waals surface area contributed by atoms with E-state index in [0.29, 0.717) is 37.7 Å². The summed E-state index contributed by atoms with van der Waals surface area (Å²) < 4.78 is 32.1. The Balaban J connectivity index is 1.78. The van der Waals surface area contributed by atoms with Gasteiger partial charge in [-0.05, 0) is 30.7 Å². The molecular formula is C17H19N3O4S2. The molecule has 1 N–H and O–H groups in total. The number of carbonyl (C=O) groups excluding carboxylic acids is 1. The number of anilines is 1. The average Bonchev–Trinajstić information content (AvgIpc) is 3.16. The predicted molar refractivity (Wildman–Crippen MR) is 101 cm³/mol. The van der Waals surface area contributed by atoms with Gasteiger partial charge in [-0.2, -0.15) is 4.31 Å². The third-order valence-electron chi connectivity index (χ3n) is 3.93. The van der Waals surface area contributed by atoms with Gasteiger partial charge in [0.2, 0.25) is 15.9 Å². The number of carbonyl (C=O) groups is 1. The van der Waals surface area contributed by atoms with E-state index in [4.69, 9.17) is 4.74 Å². The highest BCUT2D eigenvalue weighted by molar-refractivity contribution is 7.89. The number of hydrogen-bond donors (Lipinski definition) is 1. The normalized spacial score (nSPS) is 16.0. The summed E-state index contributed by atoms with van der Waals surface area (Å²) in [7, 11) is -3.61. The molecule has 0 unspecified atom stereocenters. The van der Waals surface area contributed by atoms with E-state index in [2.05, 4.69) is 10.3 Å².